The molecule has 0 fully saturated rings. The van der Waals surface area contributed by atoms with Gasteiger partial charge >= 0.3 is 0 Å². The molecule has 0 amide bonds. The summed E-state index contributed by atoms with van der Waals surface area (Å²) >= 11 is 0. The summed E-state index contributed by atoms with van der Waals surface area (Å²) in [5.41, 5.74) is 2.69. The van der Waals surface area contributed by atoms with Crippen LogP contribution in [0.25, 0.3) is 0 Å². The van der Waals surface area contributed by atoms with E-state index in [1.165, 1.54) is 24.0 Å². The summed E-state index contributed by atoms with van der Waals surface area (Å²) in [5, 5.41) is 0. The molecular weight excluding hydrogens is 156 g/mol. The van der Waals surface area contributed by atoms with Crippen molar-refractivity contribution in [1.29, 1.82) is 0 Å². The summed E-state index contributed by atoms with van der Waals surface area (Å²) in [7, 11) is 0. The molecule has 0 radical (unpaired) electrons. The van der Waals surface area contributed by atoms with E-state index in [9.17, 15) is 0 Å². The van der Waals surface area contributed by atoms with Crippen molar-refractivity contribution in [3.8, 4) is 0 Å². The Morgan fingerprint density at radius 1 is 1.38 bits per heavy atom. The molecule has 0 unspecified atom stereocenters. The predicted octanol–water partition coefficient (Wildman–Crippen LogP) is 4.50. The molecule has 74 valence electrons. The molecule has 0 aliphatic heterocycles. The number of hydrogen-bond acceptors (Lipinski definition) is 0. The van der Waals surface area contributed by atoms with Crippen molar-refractivity contribution >= 4 is 0 Å². The van der Waals surface area contributed by atoms with Gasteiger partial charge in [-0.15, -0.1) is 0 Å². The van der Waals surface area contributed by atoms with Gasteiger partial charge in [0.1, 0.15) is 0 Å². The van der Waals surface area contributed by atoms with Crippen LogP contribution >= 0.6 is 0 Å². The average molecular weight is 178 g/mol. The van der Waals surface area contributed by atoms with E-state index in [-0.39, 0.29) is 0 Å². The van der Waals surface area contributed by atoms with E-state index < -0.39 is 0 Å². The van der Waals surface area contributed by atoms with Crippen molar-refractivity contribution in [2.75, 3.05) is 0 Å². The van der Waals surface area contributed by atoms with Crippen LogP contribution in [0.4, 0.5) is 0 Å². The van der Waals surface area contributed by atoms with Crippen LogP contribution in [0.1, 0.15) is 40.5 Å². The first-order valence-corrected chi connectivity index (χ1v) is 5.11. The molecule has 0 saturated heterocycles. The Morgan fingerprint density at radius 2 is 2.00 bits per heavy atom. The van der Waals surface area contributed by atoms with Crippen LogP contribution in [0.3, 0.4) is 0 Å². The largest absolute Gasteiger partial charge is 0.0988 e. The summed E-state index contributed by atoms with van der Waals surface area (Å²) in [4.78, 5) is 0. The van der Waals surface area contributed by atoms with Gasteiger partial charge in [-0.2, -0.15) is 0 Å². The van der Waals surface area contributed by atoms with Crippen LogP contribution in [0, 0.1) is 5.92 Å². The van der Waals surface area contributed by atoms with E-state index in [0.717, 1.165) is 0 Å². The van der Waals surface area contributed by atoms with Gasteiger partial charge in [-0.1, -0.05) is 63.1 Å². The zero-order valence-corrected chi connectivity index (χ0v) is 9.43. The minimum Gasteiger partial charge on any atom is -0.0988 e. The Labute approximate surface area is 83.0 Å². The molecule has 0 saturated carbocycles. The molecule has 0 spiro atoms. The fraction of sp³-hybridized carbons (Fsp3) is 0.538. The molecule has 0 aliphatic rings. The van der Waals surface area contributed by atoms with Crippen molar-refractivity contribution in [3.63, 3.8) is 0 Å². The highest BCUT2D eigenvalue weighted by Crippen LogP contribution is 2.13. The molecule has 0 atom stereocenters. The monoisotopic (exact) mass is 178 g/mol. The third-order valence-electron chi connectivity index (χ3n) is 1.82. The topological polar surface area (TPSA) is 0 Å². The van der Waals surface area contributed by atoms with Gasteiger partial charge < -0.3 is 0 Å². The summed E-state index contributed by atoms with van der Waals surface area (Å²) < 4.78 is 0. The van der Waals surface area contributed by atoms with Gasteiger partial charge in [-0.3, -0.25) is 0 Å². The Bertz CT molecular complexity index is 204. The SMILES string of the molecule is C=CC(C)=CC(=CC(C)C)CCC. The first kappa shape index (κ1) is 12.2. The summed E-state index contributed by atoms with van der Waals surface area (Å²) in [5.74, 6) is 0.635. The Balaban J connectivity index is 4.51. The smallest absolute Gasteiger partial charge is 0.0284 e. The van der Waals surface area contributed by atoms with Gasteiger partial charge in [-0.05, 0) is 19.3 Å². The van der Waals surface area contributed by atoms with E-state index in [4.69, 9.17) is 0 Å². The van der Waals surface area contributed by atoms with E-state index >= 15 is 0 Å². The van der Waals surface area contributed by atoms with Crippen LogP contribution in [-0.2, 0) is 0 Å². The second-order valence-electron chi connectivity index (χ2n) is 3.83. The van der Waals surface area contributed by atoms with E-state index in [0.29, 0.717) is 5.92 Å². The maximum Gasteiger partial charge on any atom is -0.0284 e. The lowest BCUT2D eigenvalue weighted by molar-refractivity contribution is 0.806. The molecule has 0 bridgehead atoms. The van der Waals surface area contributed by atoms with E-state index in [1.807, 2.05) is 6.08 Å². The highest BCUT2D eigenvalue weighted by Gasteiger charge is 1.94. The normalized spacial score (nSPS) is 13.6. The minimum atomic E-state index is 0.635. The summed E-state index contributed by atoms with van der Waals surface area (Å²) in [6.07, 6.45) is 8.85. The maximum absolute atomic E-state index is 3.76. The Hall–Kier alpha value is -0.780. The molecule has 0 heterocycles. The molecule has 0 aromatic heterocycles. The summed E-state index contributed by atoms with van der Waals surface area (Å²) in [6, 6.07) is 0. The van der Waals surface area contributed by atoms with Crippen LogP contribution in [0.2, 0.25) is 0 Å². The lowest BCUT2D eigenvalue weighted by Crippen LogP contribution is -1.86. The van der Waals surface area contributed by atoms with Crippen LogP contribution < -0.4 is 0 Å². The van der Waals surface area contributed by atoms with Gasteiger partial charge in [-0.25, -0.2) is 0 Å². The average Bonchev–Trinajstić information content (AvgIpc) is 2.03. The van der Waals surface area contributed by atoms with Crippen molar-refractivity contribution in [1.82, 2.24) is 0 Å². The summed E-state index contributed by atoms with van der Waals surface area (Å²) in [6.45, 7) is 12.5. The predicted molar refractivity (Wildman–Crippen MR) is 61.8 cm³/mol. The second kappa shape index (κ2) is 6.71. The molecular formula is C13H22. The maximum atomic E-state index is 3.76. The third kappa shape index (κ3) is 6.39. The van der Waals surface area contributed by atoms with Crippen LogP contribution in [0.5, 0.6) is 0 Å². The van der Waals surface area contributed by atoms with Gasteiger partial charge in [0.2, 0.25) is 0 Å². The first-order chi connectivity index (χ1) is 6.10. The van der Waals surface area contributed by atoms with Gasteiger partial charge in [0.15, 0.2) is 0 Å². The number of hydrogen-bond donors (Lipinski definition) is 0. The van der Waals surface area contributed by atoms with Crippen LogP contribution in [-0.4, -0.2) is 0 Å². The third-order valence-corrected chi connectivity index (χ3v) is 1.82. The van der Waals surface area contributed by atoms with Crippen molar-refractivity contribution in [2.45, 2.75) is 40.5 Å². The molecule has 0 rings (SSSR count). The lowest BCUT2D eigenvalue weighted by atomic mass is 10.0. The number of rotatable bonds is 5. The molecule has 0 aromatic rings. The highest BCUT2D eigenvalue weighted by molar-refractivity contribution is 5.28. The van der Waals surface area contributed by atoms with Crippen molar-refractivity contribution in [2.24, 2.45) is 5.92 Å². The molecule has 13 heavy (non-hydrogen) atoms. The molecule has 0 aliphatic carbocycles. The Kier molecular flexibility index (Phi) is 6.30. The standard InChI is InChI=1S/C13H22/c1-6-8-13(9-11(3)4)10-12(5)7-2/h7,9-11H,2,6,8H2,1,3-5H3. The van der Waals surface area contributed by atoms with E-state index in [1.54, 1.807) is 0 Å². The van der Waals surface area contributed by atoms with Gasteiger partial charge in [0, 0.05) is 0 Å². The molecule has 0 N–H and O–H groups in total. The van der Waals surface area contributed by atoms with Gasteiger partial charge in [0.05, 0.1) is 0 Å². The quantitative estimate of drug-likeness (QED) is 0.544. The fourth-order valence-electron chi connectivity index (χ4n) is 1.27. The zero-order chi connectivity index (χ0) is 10.3. The lowest BCUT2D eigenvalue weighted by Gasteiger charge is -2.03. The van der Waals surface area contributed by atoms with Crippen molar-refractivity contribution in [3.05, 3.63) is 36.0 Å². The molecule has 0 aromatic carbocycles. The second-order valence-corrected chi connectivity index (χ2v) is 3.83. The fourth-order valence-corrected chi connectivity index (χ4v) is 1.27. The first-order valence-electron chi connectivity index (χ1n) is 5.11. The minimum absolute atomic E-state index is 0.635. The highest BCUT2D eigenvalue weighted by atomic mass is 14.0. The van der Waals surface area contributed by atoms with E-state index in [2.05, 4.69) is 46.4 Å². The van der Waals surface area contributed by atoms with Crippen molar-refractivity contribution < 1.29 is 0 Å². The van der Waals surface area contributed by atoms with Crippen LogP contribution in [0.15, 0.2) is 36.0 Å². The molecule has 0 nitrogen and oxygen atoms in total. The molecule has 0 heteroatoms. The van der Waals surface area contributed by atoms with Gasteiger partial charge in [0.25, 0.3) is 0 Å². The zero-order valence-electron chi connectivity index (χ0n) is 9.43. The Morgan fingerprint density at radius 3 is 2.38 bits per heavy atom. The number of allylic oxidation sites excluding steroid dienone is 5.